The topological polar surface area (TPSA) is 95.9 Å². The molecule has 23 heavy (non-hydrogen) atoms. The average molecular weight is 331 g/mol. The van der Waals surface area contributed by atoms with Crippen LogP contribution in [0.1, 0.15) is 5.56 Å². The van der Waals surface area contributed by atoms with Gasteiger partial charge in [-0.1, -0.05) is 11.6 Å². The Balaban J connectivity index is 2.03. The zero-order valence-electron chi connectivity index (χ0n) is 12.4. The number of aliphatic hydroxyl groups excluding tert-OH is 1. The third-order valence-corrected chi connectivity index (χ3v) is 3.40. The quantitative estimate of drug-likeness (QED) is 0.661. The average Bonchev–Trinajstić information content (AvgIpc) is 2.55. The van der Waals surface area contributed by atoms with E-state index in [4.69, 9.17) is 16.7 Å². The molecule has 0 saturated heterocycles. The predicted octanol–water partition coefficient (Wildman–Crippen LogP) is 2.53. The molecule has 0 aliphatic carbocycles. The first-order valence-electron chi connectivity index (χ1n) is 7.04. The molecule has 0 aliphatic heterocycles. The molecule has 0 saturated carbocycles. The molecule has 0 unspecified atom stereocenters. The van der Waals surface area contributed by atoms with E-state index < -0.39 is 0 Å². The Labute approximate surface area is 137 Å². The number of nitrogens with zero attached hydrogens (tertiary/aromatic N) is 4. The van der Waals surface area contributed by atoms with Crippen LogP contribution < -0.4 is 10.6 Å². The Morgan fingerprint density at radius 1 is 1.17 bits per heavy atom. The second-order valence-corrected chi connectivity index (χ2v) is 5.30. The van der Waals surface area contributed by atoms with Crippen molar-refractivity contribution in [2.24, 2.45) is 0 Å². The minimum atomic E-state index is -0.0130. The molecule has 3 aromatic rings. The summed E-state index contributed by atoms with van der Waals surface area (Å²) < 4.78 is 0. The van der Waals surface area contributed by atoms with Crippen LogP contribution in [0, 0.1) is 6.92 Å². The summed E-state index contributed by atoms with van der Waals surface area (Å²) in [4.78, 5) is 17.2. The first-order chi connectivity index (χ1) is 11.2. The Morgan fingerprint density at radius 3 is 2.78 bits per heavy atom. The van der Waals surface area contributed by atoms with E-state index in [2.05, 4.69) is 30.6 Å². The molecule has 3 N–H and O–H groups in total. The highest BCUT2D eigenvalue weighted by molar-refractivity contribution is 6.30. The summed E-state index contributed by atoms with van der Waals surface area (Å²) in [6, 6.07) is 5.55. The molecular formula is C15H15ClN6O. The lowest BCUT2D eigenvalue weighted by atomic mass is 10.2. The first kappa shape index (κ1) is 15.4. The van der Waals surface area contributed by atoms with Gasteiger partial charge in [0.25, 0.3) is 0 Å². The van der Waals surface area contributed by atoms with Crippen LogP contribution in [0.5, 0.6) is 0 Å². The van der Waals surface area contributed by atoms with Crippen molar-refractivity contribution in [3.05, 3.63) is 41.2 Å². The molecule has 0 spiro atoms. The second kappa shape index (κ2) is 6.72. The van der Waals surface area contributed by atoms with Crippen LogP contribution in [0.2, 0.25) is 5.02 Å². The summed E-state index contributed by atoms with van der Waals surface area (Å²) in [7, 11) is 0. The summed E-state index contributed by atoms with van der Waals surface area (Å²) in [6.45, 7) is 2.29. The highest BCUT2D eigenvalue weighted by atomic mass is 35.5. The van der Waals surface area contributed by atoms with Gasteiger partial charge >= 0.3 is 0 Å². The van der Waals surface area contributed by atoms with Crippen molar-refractivity contribution < 1.29 is 5.11 Å². The minimum Gasteiger partial charge on any atom is -0.395 e. The van der Waals surface area contributed by atoms with Gasteiger partial charge in [-0.05, 0) is 30.7 Å². The van der Waals surface area contributed by atoms with E-state index in [9.17, 15) is 0 Å². The van der Waals surface area contributed by atoms with E-state index in [1.165, 1.54) is 0 Å². The SMILES string of the molecule is Cc1cc(Cl)ccc1Nc1nc(NCCO)nc2nccnc12. The summed E-state index contributed by atoms with van der Waals surface area (Å²) in [5.74, 6) is 0.912. The highest BCUT2D eigenvalue weighted by Crippen LogP contribution is 2.26. The van der Waals surface area contributed by atoms with Crippen molar-refractivity contribution in [3.63, 3.8) is 0 Å². The van der Waals surface area contributed by atoms with Gasteiger partial charge in [-0.2, -0.15) is 9.97 Å². The molecule has 2 heterocycles. The maximum atomic E-state index is 8.93. The van der Waals surface area contributed by atoms with E-state index in [0.717, 1.165) is 11.3 Å². The zero-order valence-corrected chi connectivity index (χ0v) is 13.2. The number of rotatable bonds is 5. The van der Waals surface area contributed by atoms with Gasteiger partial charge in [-0.25, -0.2) is 9.97 Å². The molecule has 0 amide bonds. The van der Waals surface area contributed by atoms with Gasteiger partial charge < -0.3 is 15.7 Å². The van der Waals surface area contributed by atoms with Crippen LogP contribution in [0.4, 0.5) is 17.5 Å². The molecule has 8 heteroatoms. The molecule has 0 aliphatic rings. The fourth-order valence-corrected chi connectivity index (χ4v) is 2.32. The van der Waals surface area contributed by atoms with E-state index in [0.29, 0.717) is 34.5 Å². The lowest BCUT2D eigenvalue weighted by Crippen LogP contribution is -2.10. The van der Waals surface area contributed by atoms with Crippen LogP contribution in [-0.4, -0.2) is 38.2 Å². The van der Waals surface area contributed by atoms with Gasteiger partial charge in [0, 0.05) is 29.6 Å². The summed E-state index contributed by atoms with van der Waals surface area (Å²) in [6.07, 6.45) is 3.16. The molecule has 0 atom stereocenters. The second-order valence-electron chi connectivity index (χ2n) is 4.86. The lowest BCUT2D eigenvalue weighted by molar-refractivity contribution is 0.311. The number of aliphatic hydroxyl groups is 1. The van der Waals surface area contributed by atoms with E-state index in [1.807, 2.05) is 19.1 Å². The molecule has 0 bridgehead atoms. The van der Waals surface area contributed by atoms with Crippen LogP contribution >= 0.6 is 11.6 Å². The molecule has 1 aromatic carbocycles. The van der Waals surface area contributed by atoms with Gasteiger partial charge in [0.2, 0.25) is 5.95 Å². The third-order valence-electron chi connectivity index (χ3n) is 3.17. The van der Waals surface area contributed by atoms with Gasteiger partial charge in [-0.15, -0.1) is 0 Å². The highest BCUT2D eigenvalue weighted by Gasteiger charge is 2.11. The number of nitrogens with one attached hydrogen (secondary N) is 2. The normalized spacial score (nSPS) is 10.7. The predicted molar refractivity (Wildman–Crippen MR) is 90.2 cm³/mol. The summed E-state index contributed by atoms with van der Waals surface area (Å²) in [5, 5.41) is 15.8. The molecule has 2 aromatic heterocycles. The number of aryl methyl sites for hydroxylation is 1. The van der Waals surface area contributed by atoms with Crippen molar-refractivity contribution in [1.29, 1.82) is 0 Å². The monoisotopic (exact) mass is 330 g/mol. The van der Waals surface area contributed by atoms with Crippen molar-refractivity contribution in [2.45, 2.75) is 6.92 Å². The van der Waals surface area contributed by atoms with Crippen molar-refractivity contribution in [3.8, 4) is 0 Å². The van der Waals surface area contributed by atoms with Gasteiger partial charge in [0.15, 0.2) is 17.0 Å². The third kappa shape index (κ3) is 3.46. The number of aromatic nitrogens is 4. The standard InChI is InChI=1S/C15H15ClN6O/c1-9-8-10(16)2-3-11(9)20-14-12-13(18-5-4-17-12)21-15(22-14)19-6-7-23/h2-5,8,23H,6-7H2,1H3,(H2,18,19,20,21,22). The summed E-state index contributed by atoms with van der Waals surface area (Å²) in [5.41, 5.74) is 2.89. The van der Waals surface area contributed by atoms with Crippen molar-refractivity contribution in [1.82, 2.24) is 19.9 Å². The Bertz CT molecular complexity index is 841. The van der Waals surface area contributed by atoms with E-state index >= 15 is 0 Å². The molecular weight excluding hydrogens is 316 g/mol. The molecule has 7 nitrogen and oxygen atoms in total. The number of fused-ring (bicyclic) bond motifs is 1. The fraction of sp³-hybridized carbons (Fsp3) is 0.200. The number of anilines is 3. The zero-order chi connectivity index (χ0) is 16.2. The Kier molecular flexibility index (Phi) is 4.50. The smallest absolute Gasteiger partial charge is 0.226 e. The van der Waals surface area contributed by atoms with Crippen LogP contribution in [-0.2, 0) is 0 Å². The number of benzene rings is 1. The van der Waals surface area contributed by atoms with Gasteiger partial charge in [-0.3, -0.25) is 0 Å². The van der Waals surface area contributed by atoms with Gasteiger partial charge in [0.05, 0.1) is 6.61 Å². The van der Waals surface area contributed by atoms with E-state index in [-0.39, 0.29) is 6.61 Å². The molecule has 3 rings (SSSR count). The maximum Gasteiger partial charge on any atom is 0.226 e. The van der Waals surface area contributed by atoms with Crippen molar-refractivity contribution in [2.75, 3.05) is 23.8 Å². The summed E-state index contributed by atoms with van der Waals surface area (Å²) >= 11 is 5.99. The lowest BCUT2D eigenvalue weighted by Gasteiger charge is -2.12. The molecule has 0 radical (unpaired) electrons. The van der Waals surface area contributed by atoms with Crippen LogP contribution in [0.3, 0.4) is 0 Å². The first-order valence-corrected chi connectivity index (χ1v) is 7.42. The number of halogens is 1. The fourth-order valence-electron chi connectivity index (χ4n) is 2.09. The maximum absolute atomic E-state index is 8.93. The number of hydrogen-bond acceptors (Lipinski definition) is 7. The van der Waals surface area contributed by atoms with E-state index in [1.54, 1.807) is 18.5 Å². The minimum absolute atomic E-state index is 0.0130. The Morgan fingerprint density at radius 2 is 2.00 bits per heavy atom. The molecule has 0 fully saturated rings. The molecule has 118 valence electrons. The number of hydrogen-bond donors (Lipinski definition) is 3. The Hall–Kier alpha value is -2.51. The van der Waals surface area contributed by atoms with Gasteiger partial charge in [0.1, 0.15) is 0 Å². The van der Waals surface area contributed by atoms with Crippen LogP contribution in [0.25, 0.3) is 11.2 Å². The van der Waals surface area contributed by atoms with Crippen molar-refractivity contribution >= 4 is 40.2 Å². The largest absolute Gasteiger partial charge is 0.395 e. The van der Waals surface area contributed by atoms with Crippen LogP contribution in [0.15, 0.2) is 30.6 Å².